The first-order valence-corrected chi connectivity index (χ1v) is 12.3. The fraction of sp³-hybridized carbons (Fsp3) is 0.391. The summed E-state index contributed by atoms with van der Waals surface area (Å²) in [6.45, 7) is 7.41. The molecule has 5 nitrogen and oxygen atoms in total. The fourth-order valence-corrected chi connectivity index (χ4v) is 6.54. The average molecular weight is 416 g/mol. The molecule has 0 radical (unpaired) electrons. The topological polar surface area (TPSA) is 46.2 Å². The molecule has 4 rings (SSSR count). The van der Waals surface area contributed by atoms with Gasteiger partial charge >= 0.3 is 172 Å². The summed E-state index contributed by atoms with van der Waals surface area (Å²) in [6.07, 6.45) is 2.40. The molecule has 0 unspecified atom stereocenters. The molecule has 0 saturated heterocycles. The second-order valence-corrected chi connectivity index (χ2v) is 9.81. The normalized spacial score (nSPS) is 18.0. The molecule has 1 aliphatic rings. The Hall–Kier alpha value is -1.91. The predicted octanol–water partition coefficient (Wildman–Crippen LogP) is 7.17. The van der Waals surface area contributed by atoms with E-state index in [0.717, 1.165) is 40.8 Å². The molecule has 0 fully saturated rings. The maximum atomic E-state index is 6.55. The number of benzene rings is 3. The molecule has 0 amide bonds. The van der Waals surface area contributed by atoms with Gasteiger partial charge < -0.3 is 0 Å². The Labute approximate surface area is 172 Å². The second-order valence-electron chi connectivity index (χ2n) is 7.18. The van der Waals surface area contributed by atoms with E-state index >= 15 is 0 Å². The standard InChI is InChI=1S/C23H29O5P/c1-4-15-24-29(25-16-5-2,26-17-6-3)27-22-20-13-9-7-11-18(20)19-12-8-10-14-21(19)23(22)28-29/h7-14H,4-6,15-17H2,1-3H3. The van der Waals surface area contributed by atoms with Crippen molar-refractivity contribution in [3.05, 3.63) is 48.5 Å². The zero-order valence-corrected chi connectivity index (χ0v) is 18.2. The Morgan fingerprint density at radius 2 is 0.931 bits per heavy atom. The van der Waals surface area contributed by atoms with Crippen LogP contribution in [0, 0.1) is 0 Å². The molecule has 0 aliphatic carbocycles. The second kappa shape index (κ2) is 8.08. The van der Waals surface area contributed by atoms with Gasteiger partial charge in [-0.3, -0.25) is 0 Å². The number of hydrogen-bond donors (Lipinski definition) is 0. The van der Waals surface area contributed by atoms with Gasteiger partial charge in [0, 0.05) is 0 Å². The van der Waals surface area contributed by atoms with Gasteiger partial charge in [0.1, 0.15) is 0 Å². The molecule has 156 valence electrons. The zero-order chi connectivity index (χ0) is 20.3. The van der Waals surface area contributed by atoms with Crippen molar-refractivity contribution in [1.29, 1.82) is 0 Å². The van der Waals surface area contributed by atoms with Crippen LogP contribution in [0.5, 0.6) is 11.5 Å². The third-order valence-electron chi connectivity index (χ3n) is 4.84. The Morgan fingerprint density at radius 3 is 1.28 bits per heavy atom. The van der Waals surface area contributed by atoms with Crippen LogP contribution in [-0.4, -0.2) is 19.8 Å². The molecule has 0 N–H and O–H groups in total. The van der Waals surface area contributed by atoms with Gasteiger partial charge in [-0.15, -0.1) is 0 Å². The van der Waals surface area contributed by atoms with Crippen molar-refractivity contribution in [2.45, 2.75) is 40.0 Å². The first-order chi connectivity index (χ1) is 14.2. The molecule has 0 aromatic heterocycles. The minimum absolute atomic E-state index is 0.426. The zero-order valence-electron chi connectivity index (χ0n) is 17.3. The summed E-state index contributed by atoms with van der Waals surface area (Å²) in [4.78, 5) is 0. The van der Waals surface area contributed by atoms with Gasteiger partial charge in [0.15, 0.2) is 0 Å². The maximum absolute atomic E-state index is 6.55. The molecule has 1 aliphatic heterocycles. The summed E-state index contributed by atoms with van der Waals surface area (Å²) in [5, 5.41) is 4.14. The van der Waals surface area contributed by atoms with Crippen LogP contribution in [-0.2, 0) is 13.6 Å². The van der Waals surface area contributed by atoms with E-state index in [4.69, 9.17) is 22.6 Å². The Kier molecular flexibility index (Phi) is 5.67. The molecule has 29 heavy (non-hydrogen) atoms. The van der Waals surface area contributed by atoms with Crippen LogP contribution in [0.3, 0.4) is 0 Å². The van der Waals surface area contributed by atoms with Gasteiger partial charge in [-0.25, -0.2) is 0 Å². The van der Waals surface area contributed by atoms with Crippen LogP contribution in [0.1, 0.15) is 40.0 Å². The SMILES string of the molecule is CCCOP1(OCCC)(OCCC)Oc2c(c3ccccc3c3ccccc23)O1. The monoisotopic (exact) mass is 416 g/mol. The molecule has 0 atom stereocenters. The molecule has 3 aromatic rings. The molecule has 1 heterocycles. The molecule has 6 heteroatoms. The van der Waals surface area contributed by atoms with Crippen LogP contribution in [0.15, 0.2) is 48.5 Å². The van der Waals surface area contributed by atoms with Crippen molar-refractivity contribution in [2.24, 2.45) is 0 Å². The van der Waals surface area contributed by atoms with E-state index in [9.17, 15) is 0 Å². The first kappa shape index (κ1) is 20.4. The summed E-state index contributed by atoms with van der Waals surface area (Å²) in [6, 6.07) is 16.3. The number of rotatable bonds is 9. The summed E-state index contributed by atoms with van der Waals surface area (Å²) in [5.74, 6) is 1.28. The van der Waals surface area contributed by atoms with Crippen LogP contribution in [0.4, 0.5) is 0 Å². The van der Waals surface area contributed by atoms with E-state index in [1.165, 1.54) is 0 Å². The summed E-state index contributed by atoms with van der Waals surface area (Å²) in [7, 11) is -4.28. The molecule has 0 bridgehead atoms. The van der Waals surface area contributed by atoms with E-state index in [0.29, 0.717) is 31.3 Å². The van der Waals surface area contributed by atoms with Crippen LogP contribution < -0.4 is 9.05 Å². The Balaban J connectivity index is 1.95. The third kappa shape index (κ3) is 3.47. The quantitative estimate of drug-likeness (QED) is 0.273. The van der Waals surface area contributed by atoms with E-state index in [-0.39, 0.29) is 0 Å². The van der Waals surface area contributed by atoms with Crippen molar-refractivity contribution in [3.8, 4) is 11.5 Å². The third-order valence-corrected chi connectivity index (χ3v) is 7.61. The molecular weight excluding hydrogens is 387 g/mol. The van der Waals surface area contributed by atoms with Crippen molar-refractivity contribution in [1.82, 2.24) is 0 Å². The van der Waals surface area contributed by atoms with E-state index < -0.39 is 7.74 Å². The van der Waals surface area contributed by atoms with Crippen LogP contribution in [0.25, 0.3) is 21.5 Å². The van der Waals surface area contributed by atoms with Gasteiger partial charge in [0.2, 0.25) is 0 Å². The summed E-state index contributed by atoms with van der Waals surface area (Å²) in [5.41, 5.74) is 0. The molecule has 3 aromatic carbocycles. The first-order valence-electron chi connectivity index (χ1n) is 10.5. The van der Waals surface area contributed by atoms with E-state index in [1.807, 2.05) is 57.2 Å². The van der Waals surface area contributed by atoms with Crippen molar-refractivity contribution in [2.75, 3.05) is 19.8 Å². The van der Waals surface area contributed by atoms with Gasteiger partial charge in [-0.2, -0.15) is 0 Å². The minimum atomic E-state index is -4.28. The van der Waals surface area contributed by atoms with Gasteiger partial charge in [-0.05, 0) is 0 Å². The Morgan fingerprint density at radius 1 is 0.586 bits per heavy atom. The number of hydrogen-bond acceptors (Lipinski definition) is 5. The summed E-state index contributed by atoms with van der Waals surface area (Å²) >= 11 is 0. The van der Waals surface area contributed by atoms with Gasteiger partial charge in [-0.1, -0.05) is 0 Å². The average Bonchev–Trinajstić information content (AvgIpc) is 3.13. The van der Waals surface area contributed by atoms with Crippen molar-refractivity contribution in [3.63, 3.8) is 0 Å². The fourth-order valence-electron chi connectivity index (χ4n) is 3.57. The van der Waals surface area contributed by atoms with Gasteiger partial charge in [0.25, 0.3) is 0 Å². The van der Waals surface area contributed by atoms with Crippen molar-refractivity contribution >= 4 is 29.3 Å². The summed E-state index contributed by atoms with van der Waals surface area (Å²) < 4.78 is 31.9. The molecule has 0 spiro atoms. The number of fused-ring (bicyclic) bond motifs is 6. The molecular formula is C23H29O5P. The predicted molar refractivity (Wildman–Crippen MR) is 118 cm³/mol. The molecule has 0 saturated carbocycles. The van der Waals surface area contributed by atoms with Crippen molar-refractivity contribution < 1.29 is 22.6 Å². The van der Waals surface area contributed by atoms with Crippen LogP contribution >= 0.6 is 7.74 Å². The van der Waals surface area contributed by atoms with Crippen LogP contribution in [0.2, 0.25) is 0 Å². The van der Waals surface area contributed by atoms with E-state index in [1.54, 1.807) is 0 Å². The van der Waals surface area contributed by atoms with E-state index in [2.05, 4.69) is 12.1 Å². The Bertz CT molecular complexity index is 925. The van der Waals surface area contributed by atoms with Gasteiger partial charge in [0.05, 0.1) is 0 Å².